The zero-order valence-corrected chi connectivity index (χ0v) is 30.8. The lowest BCUT2D eigenvalue weighted by Gasteiger charge is -2.42. The molecule has 0 aliphatic carbocycles. The number of nitrogens with zero attached hydrogens (tertiary/aromatic N) is 4. The molecule has 1 heterocycles. The lowest BCUT2D eigenvalue weighted by Crippen LogP contribution is -2.54. The lowest BCUT2D eigenvalue weighted by atomic mass is 9.77. The van der Waals surface area contributed by atoms with Crippen LogP contribution in [-0.2, 0) is 27.0 Å². The summed E-state index contributed by atoms with van der Waals surface area (Å²) in [4.78, 5) is 41.0. The third kappa shape index (κ3) is 9.02. The van der Waals surface area contributed by atoms with Crippen molar-refractivity contribution in [3.63, 3.8) is 0 Å². The van der Waals surface area contributed by atoms with E-state index in [2.05, 4.69) is 41.7 Å². The first-order valence-electron chi connectivity index (χ1n) is 17.2. The van der Waals surface area contributed by atoms with E-state index in [1.165, 1.54) is 4.90 Å². The molecule has 52 heavy (non-hydrogen) atoms. The zero-order valence-electron chi connectivity index (χ0n) is 30.8. The molecular formula is C39H51N7O6. The topological polar surface area (TPSA) is 178 Å². The maximum absolute atomic E-state index is 15.0. The number of benzene rings is 3. The number of aromatic nitrogens is 2. The molecular weight excluding hydrogens is 662 g/mol. The summed E-state index contributed by atoms with van der Waals surface area (Å²) >= 11 is 0. The number of carbonyl (C=O) groups is 3. The minimum atomic E-state index is -1.02. The van der Waals surface area contributed by atoms with Crippen molar-refractivity contribution < 1.29 is 29.0 Å². The standard InChI is InChI=1S/C39H51N7O6/c1-37(2,3)32-31(46(38(4,5)6)36(50)44(23-26-51-34(40)48)24-27-52-35(41)49)33(45(43-32)22-25-47)42-39(28-16-10-7-11-17-28,29-18-12-8-13-19-29)30-20-14-9-15-21-30/h7-21,42,47H,22-27H2,1-6H3,(H2,40,48)(H2,41,49). The summed E-state index contributed by atoms with van der Waals surface area (Å²) in [6.07, 6.45) is -1.97. The number of aliphatic hydroxyl groups is 1. The molecule has 0 bridgehead atoms. The monoisotopic (exact) mass is 713 g/mol. The third-order valence-corrected chi connectivity index (χ3v) is 8.44. The van der Waals surface area contributed by atoms with Gasteiger partial charge in [-0.3, -0.25) is 4.90 Å². The van der Waals surface area contributed by atoms with Crippen molar-refractivity contribution in [2.45, 2.75) is 64.6 Å². The Kier molecular flexibility index (Phi) is 12.6. The number of nitrogens with two attached hydrogens (primary N) is 2. The SMILES string of the molecule is CC(C)(C)c1nn(CCO)c(NC(c2ccccc2)(c2ccccc2)c2ccccc2)c1N(C(=O)N(CCOC(N)=O)CCOC(N)=O)C(C)(C)C. The van der Waals surface area contributed by atoms with Crippen LogP contribution in [0, 0.1) is 0 Å². The van der Waals surface area contributed by atoms with E-state index in [0.29, 0.717) is 17.2 Å². The molecule has 0 aliphatic rings. The Morgan fingerprint density at radius 1 is 0.750 bits per heavy atom. The molecule has 13 heteroatoms. The van der Waals surface area contributed by atoms with Crippen molar-refractivity contribution in [1.82, 2.24) is 14.7 Å². The first-order valence-corrected chi connectivity index (χ1v) is 17.2. The third-order valence-electron chi connectivity index (χ3n) is 8.44. The molecule has 13 nitrogen and oxygen atoms in total. The first-order chi connectivity index (χ1) is 24.6. The summed E-state index contributed by atoms with van der Waals surface area (Å²) in [6, 6.07) is 29.6. The van der Waals surface area contributed by atoms with Crippen LogP contribution in [0.4, 0.5) is 25.9 Å². The Hall–Kier alpha value is -5.56. The molecule has 0 radical (unpaired) electrons. The normalized spacial score (nSPS) is 11.8. The van der Waals surface area contributed by atoms with E-state index in [-0.39, 0.29) is 39.5 Å². The number of aliphatic hydroxyl groups excluding tert-OH is 1. The number of amides is 4. The van der Waals surface area contributed by atoms with E-state index >= 15 is 4.79 Å². The molecule has 6 N–H and O–H groups in total. The maximum atomic E-state index is 15.0. The molecule has 0 aliphatic heterocycles. The van der Waals surface area contributed by atoms with Crippen LogP contribution in [0.1, 0.15) is 63.9 Å². The molecule has 4 aromatic rings. The Bertz CT molecular complexity index is 1670. The van der Waals surface area contributed by atoms with Gasteiger partial charge in [0, 0.05) is 11.0 Å². The van der Waals surface area contributed by atoms with Crippen LogP contribution in [0.3, 0.4) is 0 Å². The van der Waals surface area contributed by atoms with Gasteiger partial charge in [0.2, 0.25) is 0 Å². The van der Waals surface area contributed by atoms with Gasteiger partial charge in [-0.25, -0.2) is 19.1 Å². The second kappa shape index (κ2) is 16.6. The molecule has 0 unspecified atom stereocenters. The Morgan fingerprint density at radius 2 is 1.17 bits per heavy atom. The number of carbonyl (C=O) groups excluding carboxylic acids is 3. The predicted octanol–water partition coefficient (Wildman–Crippen LogP) is 5.79. The van der Waals surface area contributed by atoms with Gasteiger partial charge in [-0.05, 0) is 37.5 Å². The molecule has 0 atom stereocenters. The van der Waals surface area contributed by atoms with Crippen LogP contribution in [0.25, 0.3) is 0 Å². The van der Waals surface area contributed by atoms with Crippen molar-refractivity contribution in [1.29, 1.82) is 0 Å². The van der Waals surface area contributed by atoms with E-state index in [4.69, 9.17) is 26.0 Å². The number of rotatable bonds is 14. The smallest absolute Gasteiger partial charge is 0.404 e. The van der Waals surface area contributed by atoms with Crippen molar-refractivity contribution in [3.8, 4) is 0 Å². The van der Waals surface area contributed by atoms with Crippen LogP contribution < -0.4 is 21.7 Å². The van der Waals surface area contributed by atoms with Crippen LogP contribution in [-0.4, -0.2) is 76.5 Å². The Labute approximate surface area is 305 Å². The van der Waals surface area contributed by atoms with E-state index in [9.17, 15) is 14.7 Å². The van der Waals surface area contributed by atoms with Gasteiger partial charge in [0.05, 0.1) is 31.9 Å². The molecule has 0 spiro atoms. The van der Waals surface area contributed by atoms with Crippen LogP contribution in [0.5, 0.6) is 0 Å². The summed E-state index contributed by atoms with van der Waals surface area (Å²) < 4.78 is 11.7. The van der Waals surface area contributed by atoms with Gasteiger partial charge in [-0.15, -0.1) is 0 Å². The van der Waals surface area contributed by atoms with Gasteiger partial charge in [0.25, 0.3) is 0 Å². The average Bonchev–Trinajstić information content (AvgIpc) is 3.44. The molecule has 0 saturated heterocycles. The molecule has 0 saturated carbocycles. The van der Waals surface area contributed by atoms with E-state index in [1.807, 2.05) is 96.1 Å². The van der Waals surface area contributed by atoms with Crippen molar-refractivity contribution in [2.75, 3.05) is 43.1 Å². The fraction of sp³-hybridized carbons (Fsp3) is 0.385. The van der Waals surface area contributed by atoms with Gasteiger partial charge in [-0.2, -0.15) is 5.10 Å². The minimum absolute atomic E-state index is 0.0587. The fourth-order valence-electron chi connectivity index (χ4n) is 6.18. The maximum Gasteiger partial charge on any atom is 0.404 e. The number of primary amides is 2. The van der Waals surface area contributed by atoms with Gasteiger partial charge in [0.1, 0.15) is 30.3 Å². The van der Waals surface area contributed by atoms with Crippen molar-refractivity contribution >= 4 is 29.7 Å². The van der Waals surface area contributed by atoms with Crippen molar-refractivity contribution in [2.24, 2.45) is 11.5 Å². The second-order valence-corrected chi connectivity index (χ2v) is 14.3. The van der Waals surface area contributed by atoms with Crippen LogP contribution in [0.2, 0.25) is 0 Å². The minimum Gasteiger partial charge on any atom is -0.448 e. The number of hydrogen-bond acceptors (Lipinski definition) is 8. The van der Waals surface area contributed by atoms with Crippen LogP contribution in [0.15, 0.2) is 91.0 Å². The van der Waals surface area contributed by atoms with E-state index in [0.717, 1.165) is 16.7 Å². The van der Waals surface area contributed by atoms with E-state index in [1.54, 1.807) is 9.58 Å². The average molecular weight is 714 g/mol. The largest absolute Gasteiger partial charge is 0.448 e. The number of ether oxygens (including phenoxy) is 2. The Morgan fingerprint density at radius 3 is 1.52 bits per heavy atom. The highest BCUT2D eigenvalue weighted by molar-refractivity contribution is 5.98. The summed E-state index contributed by atoms with van der Waals surface area (Å²) in [5.41, 5.74) is 11.8. The lowest BCUT2D eigenvalue weighted by molar-refractivity contribution is 0.120. The van der Waals surface area contributed by atoms with Crippen molar-refractivity contribution in [3.05, 3.63) is 113 Å². The van der Waals surface area contributed by atoms with E-state index < -0.39 is 34.7 Å². The number of anilines is 2. The predicted molar refractivity (Wildman–Crippen MR) is 201 cm³/mol. The molecule has 1 aromatic heterocycles. The highest BCUT2D eigenvalue weighted by atomic mass is 16.5. The van der Waals surface area contributed by atoms with Crippen LogP contribution >= 0.6 is 0 Å². The fourth-order valence-corrected chi connectivity index (χ4v) is 6.18. The molecule has 3 aromatic carbocycles. The summed E-state index contributed by atoms with van der Waals surface area (Å²) in [6.45, 7) is 11.1. The quantitative estimate of drug-likeness (QED) is 0.119. The first kappa shape index (κ1) is 39.2. The number of hydrogen-bond donors (Lipinski definition) is 4. The van der Waals surface area contributed by atoms with Gasteiger partial charge in [-0.1, -0.05) is 112 Å². The summed E-state index contributed by atoms with van der Waals surface area (Å²) in [5.74, 6) is 0.487. The molecule has 278 valence electrons. The highest BCUT2D eigenvalue weighted by Gasteiger charge is 2.44. The highest BCUT2D eigenvalue weighted by Crippen LogP contribution is 2.46. The second-order valence-electron chi connectivity index (χ2n) is 14.3. The summed E-state index contributed by atoms with van der Waals surface area (Å²) in [7, 11) is 0. The Balaban J connectivity index is 2.07. The number of nitrogens with one attached hydrogen (secondary N) is 1. The molecule has 0 fully saturated rings. The molecule has 4 rings (SSSR count). The zero-order chi connectivity index (χ0) is 38.1. The van der Waals surface area contributed by atoms with Gasteiger partial charge < -0.3 is 36.3 Å². The van der Waals surface area contributed by atoms with Gasteiger partial charge in [0.15, 0.2) is 0 Å². The number of urea groups is 1. The van der Waals surface area contributed by atoms with Gasteiger partial charge >= 0.3 is 18.2 Å². The summed E-state index contributed by atoms with van der Waals surface area (Å²) in [5, 5.41) is 19.4. The molecule has 4 amide bonds.